The molecule has 1 aliphatic rings. The minimum atomic E-state index is -4.62. The maximum Gasteiger partial charge on any atom is 0.416 e. The van der Waals surface area contributed by atoms with Gasteiger partial charge in [0, 0.05) is 17.4 Å². The molecule has 3 rings (SSSR count). The van der Waals surface area contributed by atoms with Gasteiger partial charge in [-0.3, -0.25) is 9.59 Å². The predicted molar refractivity (Wildman–Crippen MR) is 99.5 cm³/mol. The highest BCUT2D eigenvalue weighted by atomic mass is 19.4. The van der Waals surface area contributed by atoms with Crippen LogP contribution in [0.25, 0.3) is 0 Å². The fraction of sp³-hybridized carbons (Fsp3) is 0.286. The number of aliphatic carboxylic acids is 1. The largest absolute Gasteiger partial charge is 0.476 e. The van der Waals surface area contributed by atoms with Crippen LogP contribution in [0.5, 0.6) is 0 Å². The lowest BCUT2D eigenvalue weighted by Gasteiger charge is -2.17. The van der Waals surface area contributed by atoms with E-state index in [9.17, 15) is 45.1 Å². The molecule has 0 atom stereocenters. The number of hydrogen-bond acceptors (Lipinski definition) is 3. The first-order valence-electron chi connectivity index (χ1n) is 9.17. The zero-order valence-electron chi connectivity index (χ0n) is 16.6. The molecule has 0 radical (unpaired) electrons. The number of primary amides is 1. The minimum absolute atomic E-state index is 0.144. The van der Waals surface area contributed by atoms with E-state index < -0.39 is 58.8 Å². The molecule has 3 N–H and O–H groups in total. The molecule has 0 saturated heterocycles. The third-order valence-electron chi connectivity index (χ3n) is 4.93. The van der Waals surface area contributed by atoms with Crippen molar-refractivity contribution in [2.24, 2.45) is 5.73 Å². The van der Waals surface area contributed by atoms with Crippen molar-refractivity contribution in [3.05, 3.63) is 70.5 Å². The number of carbonyl (C=O) groups is 3. The quantitative estimate of drug-likeness (QED) is 0.479. The number of hydrogen-bond donors (Lipinski definition) is 2. The molecule has 0 bridgehead atoms. The SMILES string of the molecule is NC(=O)c1cccc(C(F)(F)F)c1.O=C(O)C(=O)CC1(c2cc(C(F)(F)F)ccc2F)CC1. The van der Waals surface area contributed by atoms with Crippen LogP contribution in [-0.4, -0.2) is 22.8 Å². The van der Waals surface area contributed by atoms with E-state index in [-0.39, 0.29) is 11.1 Å². The molecule has 12 heteroatoms. The van der Waals surface area contributed by atoms with E-state index >= 15 is 0 Å². The lowest BCUT2D eigenvalue weighted by Crippen LogP contribution is -2.22. The first kappa shape index (κ1) is 25.8. The van der Waals surface area contributed by atoms with E-state index in [1.807, 2.05) is 0 Å². The first-order chi connectivity index (χ1) is 15.1. The van der Waals surface area contributed by atoms with Gasteiger partial charge in [0.05, 0.1) is 11.1 Å². The number of carboxylic acid groups (broad SMARTS) is 1. The topological polar surface area (TPSA) is 97.5 Å². The summed E-state index contributed by atoms with van der Waals surface area (Å²) in [6.07, 6.45) is -8.95. The van der Waals surface area contributed by atoms with E-state index in [0.29, 0.717) is 31.0 Å². The molecule has 1 aliphatic carbocycles. The molecule has 1 saturated carbocycles. The summed E-state index contributed by atoms with van der Waals surface area (Å²) in [5.74, 6) is -4.51. The van der Waals surface area contributed by atoms with Gasteiger partial charge in [-0.25, -0.2) is 9.18 Å². The monoisotopic (exact) mass is 479 g/mol. The number of carbonyl (C=O) groups excluding carboxylic acids is 2. The van der Waals surface area contributed by atoms with Crippen LogP contribution >= 0.6 is 0 Å². The lowest BCUT2D eigenvalue weighted by atomic mass is 9.89. The number of Topliss-reactive ketones (excluding diaryl/α,β-unsaturated/α-hetero) is 1. The van der Waals surface area contributed by atoms with E-state index in [4.69, 9.17) is 10.8 Å². The molecule has 5 nitrogen and oxygen atoms in total. The molecular formula is C21H16F7NO4. The second-order valence-corrected chi connectivity index (χ2v) is 7.32. The number of halogens is 7. The van der Waals surface area contributed by atoms with Gasteiger partial charge in [-0.2, -0.15) is 26.3 Å². The van der Waals surface area contributed by atoms with Crippen molar-refractivity contribution < 1.29 is 50.2 Å². The fourth-order valence-electron chi connectivity index (χ4n) is 3.03. The molecule has 0 spiro atoms. The molecule has 0 aliphatic heterocycles. The van der Waals surface area contributed by atoms with Crippen LogP contribution in [0.1, 0.15) is 46.3 Å². The van der Waals surface area contributed by atoms with Crippen molar-refractivity contribution in [1.29, 1.82) is 0 Å². The highest BCUT2D eigenvalue weighted by Gasteiger charge is 2.49. The van der Waals surface area contributed by atoms with Gasteiger partial charge in [-0.05, 0) is 54.8 Å². The normalized spacial score (nSPS) is 14.6. The Morgan fingerprint density at radius 2 is 1.45 bits per heavy atom. The number of alkyl halides is 6. The van der Waals surface area contributed by atoms with Gasteiger partial charge in [0.2, 0.25) is 11.7 Å². The summed E-state index contributed by atoms with van der Waals surface area (Å²) >= 11 is 0. The Balaban J connectivity index is 0.000000257. The van der Waals surface area contributed by atoms with E-state index in [2.05, 4.69) is 0 Å². The maximum absolute atomic E-state index is 13.7. The van der Waals surface area contributed by atoms with Crippen LogP contribution in [0, 0.1) is 5.82 Å². The highest BCUT2D eigenvalue weighted by molar-refractivity contribution is 6.33. The van der Waals surface area contributed by atoms with Gasteiger partial charge in [0.25, 0.3) is 0 Å². The second kappa shape index (κ2) is 9.20. The molecule has 33 heavy (non-hydrogen) atoms. The zero-order chi connectivity index (χ0) is 25.2. The molecule has 0 unspecified atom stereocenters. The van der Waals surface area contributed by atoms with Crippen LogP contribution in [-0.2, 0) is 27.4 Å². The van der Waals surface area contributed by atoms with Gasteiger partial charge in [-0.1, -0.05) is 6.07 Å². The van der Waals surface area contributed by atoms with Crippen molar-refractivity contribution in [2.75, 3.05) is 0 Å². The molecule has 0 aromatic heterocycles. The number of ketones is 1. The van der Waals surface area contributed by atoms with Gasteiger partial charge in [0.15, 0.2) is 0 Å². The molecular weight excluding hydrogens is 463 g/mol. The summed E-state index contributed by atoms with van der Waals surface area (Å²) in [6, 6.07) is 5.96. The van der Waals surface area contributed by atoms with Crippen LogP contribution in [0.3, 0.4) is 0 Å². The summed E-state index contributed by atoms with van der Waals surface area (Å²) in [5.41, 5.74) is 1.45. The van der Waals surface area contributed by atoms with E-state index in [1.165, 1.54) is 6.07 Å². The van der Waals surface area contributed by atoms with Crippen molar-refractivity contribution in [2.45, 2.75) is 37.0 Å². The smallest absolute Gasteiger partial charge is 0.416 e. The van der Waals surface area contributed by atoms with Crippen LogP contribution < -0.4 is 5.73 Å². The minimum Gasteiger partial charge on any atom is -0.476 e. The molecule has 1 fully saturated rings. The van der Waals surface area contributed by atoms with Gasteiger partial charge < -0.3 is 10.8 Å². The number of rotatable bonds is 5. The summed E-state index contributed by atoms with van der Waals surface area (Å²) in [4.78, 5) is 32.3. The highest BCUT2D eigenvalue weighted by Crippen LogP contribution is 2.52. The van der Waals surface area contributed by atoms with Crippen molar-refractivity contribution in [3.8, 4) is 0 Å². The summed E-state index contributed by atoms with van der Waals surface area (Å²) < 4.78 is 87.8. The number of carboxylic acids is 1. The van der Waals surface area contributed by atoms with Gasteiger partial charge in [-0.15, -0.1) is 0 Å². The van der Waals surface area contributed by atoms with E-state index in [0.717, 1.165) is 18.2 Å². The molecule has 0 heterocycles. The first-order valence-corrected chi connectivity index (χ1v) is 9.17. The van der Waals surface area contributed by atoms with Crippen LogP contribution in [0.15, 0.2) is 42.5 Å². The fourth-order valence-corrected chi connectivity index (χ4v) is 3.03. The van der Waals surface area contributed by atoms with Crippen LogP contribution in [0.2, 0.25) is 0 Å². The average molecular weight is 479 g/mol. The summed E-state index contributed by atoms with van der Waals surface area (Å²) in [6.45, 7) is 0. The summed E-state index contributed by atoms with van der Waals surface area (Å²) in [7, 11) is 0. The standard InChI is InChI=1S/C13H10F4O3.C8H6F3NO/c14-9-2-1-7(13(15,16)17)5-8(9)12(3-4-12)6-10(18)11(19)20;9-8(10,11)6-3-1-2-5(4-6)7(12)13/h1-2,5H,3-4,6H2,(H,19,20);1-4H,(H2,12,13). The molecule has 2 aromatic carbocycles. The Morgan fingerprint density at radius 1 is 0.909 bits per heavy atom. The molecule has 178 valence electrons. The average Bonchev–Trinajstić information content (AvgIpc) is 3.47. The lowest BCUT2D eigenvalue weighted by molar-refractivity contribution is -0.149. The van der Waals surface area contributed by atoms with E-state index in [1.54, 1.807) is 0 Å². The Kier molecular flexibility index (Phi) is 7.20. The Morgan fingerprint density at radius 3 is 1.91 bits per heavy atom. The summed E-state index contributed by atoms with van der Waals surface area (Å²) in [5, 5.41) is 8.55. The predicted octanol–water partition coefficient (Wildman–Crippen LogP) is 4.72. The maximum atomic E-state index is 13.7. The second-order valence-electron chi connectivity index (χ2n) is 7.32. The van der Waals surface area contributed by atoms with Gasteiger partial charge in [0.1, 0.15) is 5.82 Å². The Bertz CT molecular complexity index is 1070. The third kappa shape index (κ3) is 6.53. The van der Waals surface area contributed by atoms with Gasteiger partial charge >= 0.3 is 18.3 Å². The van der Waals surface area contributed by atoms with Crippen LogP contribution in [0.4, 0.5) is 30.7 Å². The molecule has 2 aromatic rings. The molecule has 1 amide bonds. The van der Waals surface area contributed by atoms with Crippen molar-refractivity contribution >= 4 is 17.7 Å². The zero-order valence-corrected chi connectivity index (χ0v) is 16.6. The number of nitrogens with two attached hydrogens (primary N) is 1. The Labute approximate surface area is 182 Å². The van der Waals surface area contributed by atoms with Crippen molar-refractivity contribution in [1.82, 2.24) is 0 Å². The number of benzene rings is 2. The Hall–Kier alpha value is -3.44. The number of amides is 1. The third-order valence-corrected chi connectivity index (χ3v) is 4.93. The van der Waals surface area contributed by atoms with Crippen molar-refractivity contribution in [3.63, 3.8) is 0 Å².